The number of rotatable bonds is 3. The van der Waals surface area contributed by atoms with Crippen molar-refractivity contribution in [3.05, 3.63) is 6.17 Å². The molecular formula is C5H6FO3. The molecule has 0 aromatic carbocycles. The lowest BCUT2D eigenvalue weighted by molar-refractivity contribution is -0.144. The van der Waals surface area contributed by atoms with E-state index < -0.39 is 12.1 Å². The zero-order chi connectivity index (χ0) is 7.28. The van der Waals surface area contributed by atoms with E-state index in [9.17, 15) is 14.0 Å². The quantitative estimate of drug-likeness (QED) is 0.315. The normalized spacial score (nSPS) is 9.22. The molecule has 1 radical (unpaired) electrons. The Kier molecular flexibility index (Phi) is 3.59. The average molecular weight is 133 g/mol. The fourth-order valence-electron chi connectivity index (χ4n) is 0.248. The highest BCUT2D eigenvalue weighted by molar-refractivity contribution is 6.00. The second-order valence-electron chi connectivity index (χ2n) is 1.19. The number of esters is 1. The Morgan fingerprint density at radius 2 is 2.33 bits per heavy atom. The molecule has 0 aromatic heterocycles. The van der Waals surface area contributed by atoms with Gasteiger partial charge < -0.3 is 4.74 Å². The van der Waals surface area contributed by atoms with Crippen LogP contribution in [0.25, 0.3) is 0 Å². The van der Waals surface area contributed by atoms with Gasteiger partial charge in [0.1, 0.15) is 0 Å². The number of hydrogen-bond acceptors (Lipinski definition) is 3. The number of halogens is 1. The van der Waals surface area contributed by atoms with Gasteiger partial charge in [-0.1, -0.05) is 0 Å². The van der Waals surface area contributed by atoms with Crippen LogP contribution < -0.4 is 0 Å². The zero-order valence-electron chi connectivity index (χ0n) is 4.89. The maximum absolute atomic E-state index is 11.8. The first-order valence-corrected chi connectivity index (χ1v) is 2.37. The molecule has 0 fully saturated rings. The Bertz CT molecular complexity index is 113. The van der Waals surface area contributed by atoms with Crippen molar-refractivity contribution < 1.29 is 18.7 Å². The summed E-state index contributed by atoms with van der Waals surface area (Å²) in [6.07, 6.45) is -1.57. The van der Waals surface area contributed by atoms with Gasteiger partial charge in [0.05, 0.1) is 6.61 Å². The molecule has 0 saturated heterocycles. The molecule has 0 amide bonds. The molecule has 51 valence electrons. The highest BCUT2D eigenvalue weighted by atomic mass is 19.1. The SMILES string of the molecule is CCOC(=O)[C](F)C=O. The van der Waals surface area contributed by atoms with E-state index >= 15 is 0 Å². The van der Waals surface area contributed by atoms with Crippen LogP contribution in [-0.2, 0) is 14.3 Å². The Morgan fingerprint density at radius 3 is 2.67 bits per heavy atom. The molecule has 0 unspecified atom stereocenters. The van der Waals surface area contributed by atoms with Gasteiger partial charge in [-0.3, -0.25) is 4.79 Å². The highest BCUT2D eigenvalue weighted by Gasteiger charge is 2.18. The fraction of sp³-hybridized carbons (Fsp3) is 0.400. The van der Waals surface area contributed by atoms with Crippen LogP contribution in [0.2, 0.25) is 0 Å². The summed E-state index contributed by atoms with van der Waals surface area (Å²) in [6, 6.07) is 0. The third-order valence-electron chi connectivity index (χ3n) is 0.574. The summed E-state index contributed by atoms with van der Waals surface area (Å²) < 4.78 is 15.9. The summed E-state index contributed by atoms with van der Waals surface area (Å²) >= 11 is 0. The van der Waals surface area contributed by atoms with E-state index in [0.29, 0.717) is 0 Å². The predicted octanol–water partition coefficient (Wildman–Crippen LogP) is 0.250. The van der Waals surface area contributed by atoms with E-state index in [4.69, 9.17) is 0 Å². The average Bonchev–Trinajstić information content (AvgIpc) is 1.87. The molecule has 0 rings (SSSR count). The second kappa shape index (κ2) is 4.00. The third kappa shape index (κ3) is 2.79. The summed E-state index contributed by atoms with van der Waals surface area (Å²) in [4.78, 5) is 19.6. The number of carbonyl (C=O) groups excluding carboxylic acids is 2. The van der Waals surface area contributed by atoms with Crippen molar-refractivity contribution >= 4 is 12.3 Å². The molecule has 9 heavy (non-hydrogen) atoms. The molecule has 0 aliphatic heterocycles. The summed E-state index contributed by atoms with van der Waals surface area (Å²) in [6.45, 7) is 1.59. The Balaban J connectivity index is 3.58. The second-order valence-corrected chi connectivity index (χ2v) is 1.19. The lowest BCUT2D eigenvalue weighted by Crippen LogP contribution is -2.12. The molecule has 0 heterocycles. The van der Waals surface area contributed by atoms with E-state index in [1.807, 2.05) is 0 Å². The smallest absolute Gasteiger partial charge is 0.356 e. The van der Waals surface area contributed by atoms with E-state index in [2.05, 4.69) is 4.74 Å². The van der Waals surface area contributed by atoms with Crippen LogP contribution in [0, 0.1) is 6.17 Å². The van der Waals surface area contributed by atoms with Gasteiger partial charge in [-0.25, -0.2) is 9.18 Å². The number of carbonyl (C=O) groups is 2. The van der Waals surface area contributed by atoms with Gasteiger partial charge in [0.25, 0.3) is 0 Å². The zero-order valence-corrected chi connectivity index (χ0v) is 4.89. The molecule has 0 aliphatic carbocycles. The molecule has 0 N–H and O–H groups in total. The Hall–Kier alpha value is -0.930. The van der Waals surface area contributed by atoms with Crippen molar-refractivity contribution in [1.29, 1.82) is 0 Å². The lowest BCUT2D eigenvalue weighted by Gasteiger charge is -1.97. The molecule has 0 saturated carbocycles. The van der Waals surface area contributed by atoms with Gasteiger partial charge in [0.2, 0.25) is 0 Å². The summed E-state index contributed by atoms with van der Waals surface area (Å²) in [5.41, 5.74) is 0. The minimum atomic E-state index is -1.39. The summed E-state index contributed by atoms with van der Waals surface area (Å²) in [7, 11) is 0. The van der Waals surface area contributed by atoms with Crippen LogP contribution in [-0.4, -0.2) is 18.9 Å². The monoisotopic (exact) mass is 133 g/mol. The number of aldehydes is 1. The maximum atomic E-state index is 11.8. The number of hydrogen-bond donors (Lipinski definition) is 0. The van der Waals surface area contributed by atoms with Gasteiger partial charge in [-0.05, 0) is 6.92 Å². The van der Waals surface area contributed by atoms with Crippen LogP contribution in [0.1, 0.15) is 6.92 Å². The van der Waals surface area contributed by atoms with Gasteiger partial charge >= 0.3 is 12.1 Å². The van der Waals surface area contributed by atoms with Gasteiger partial charge in [-0.15, -0.1) is 0 Å². The van der Waals surface area contributed by atoms with Crippen molar-refractivity contribution in [1.82, 2.24) is 0 Å². The molecule has 3 nitrogen and oxygen atoms in total. The lowest BCUT2D eigenvalue weighted by atomic mass is 10.4. The maximum Gasteiger partial charge on any atom is 0.356 e. The molecule has 0 bridgehead atoms. The first-order chi connectivity index (χ1) is 4.22. The van der Waals surface area contributed by atoms with Gasteiger partial charge in [0.15, 0.2) is 6.29 Å². The largest absolute Gasteiger partial charge is 0.463 e. The van der Waals surface area contributed by atoms with Gasteiger partial charge in [0, 0.05) is 0 Å². The first kappa shape index (κ1) is 8.07. The standard InChI is InChI=1S/C5H6FO3/c1-2-9-5(8)4(6)3-7/h3H,2H2,1H3. The van der Waals surface area contributed by atoms with Gasteiger partial charge in [-0.2, -0.15) is 0 Å². The fourth-order valence-corrected chi connectivity index (χ4v) is 0.248. The van der Waals surface area contributed by atoms with Crippen LogP contribution in [0.4, 0.5) is 4.39 Å². The predicted molar refractivity (Wildman–Crippen MR) is 27.0 cm³/mol. The Morgan fingerprint density at radius 1 is 1.78 bits per heavy atom. The molecular weight excluding hydrogens is 127 g/mol. The molecule has 4 heteroatoms. The minimum Gasteiger partial charge on any atom is -0.463 e. The molecule has 0 aromatic rings. The van der Waals surface area contributed by atoms with Crippen LogP contribution in [0.5, 0.6) is 0 Å². The van der Waals surface area contributed by atoms with Crippen molar-refractivity contribution in [2.75, 3.05) is 6.61 Å². The highest BCUT2D eigenvalue weighted by Crippen LogP contribution is 1.98. The third-order valence-corrected chi connectivity index (χ3v) is 0.574. The van der Waals surface area contributed by atoms with Crippen molar-refractivity contribution in [2.24, 2.45) is 0 Å². The van der Waals surface area contributed by atoms with Crippen LogP contribution in [0.3, 0.4) is 0 Å². The van der Waals surface area contributed by atoms with Crippen molar-refractivity contribution in [2.45, 2.75) is 6.92 Å². The van der Waals surface area contributed by atoms with Crippen LogP contribution in [0.15, 0.2) is 0 Å². The number of ether oxygens (including phenoxy) is 1. The summed E-state index contributed by atoms with van der Waals surface area (Å²) in [5.74, 6) is -1.20. The van der Waals surface area contributed by atoms with E-state index in [0.717, 1.165) is 0 Å². The summed E-state index contributed by atoms with van der Waals surface area (Å²) in [5, 5.41) is 0. The molecule has 0 atom stereocenters. The first-order valence-electron chi connectivity index (χ1n) is 2.37. The van der Waals surface area contributed by atoms with Crippen molar-refractivity contribution in [3.8, 4) is 0 Å². The minimum absolute atomic E-state index is 0.0695. The van der Waals surface area contributed by atoms with E-state index in [1.54, 1.807) is 0 Å². The van der Waals surface area contributed by atoms with E-state index in [-0.39, 0.29) is 12.9 Å². The van der Waals surface area contributed by atoms with Crippen molar-refractivity contribution in [3.63, 3.8) is 0 Å². The van der Waals surface area contributed by atoms with E-state index in [1.165, 1.54) is 6.92 Å². The molecule has 0 aliphatic rings. The van der Waals surface area contributed by atoms with Crippen LogP contribution >= 0.6 is 0 Å². The topological polar surface area (TPSA) is 43.4 Å². The Labute approximate surface area is 51.8 Å². The molecule has 0 spiro atoms.